The van der Waals surface area contributed by atoms with Gasteiger partial charge in [0.1, 0.15) is 0 Å². The van der Waals surface area contributed by atoms with Gasteiger partial charge >= 0.3 is 0 Å². The second-order valence-electron chi connectivity index (χ2n) is 2.35. The molecule has 1 saturated heterocycles. The number of nitrogens with two attached hydrogens (primary N) is 1. The molecule has 2 N–H and O–H groups in total. The zero-order valence-corrected chi connectivity index (χ0v) is 5.56. The monoisotopic (exact) mass is 115 g/mol. The summed E-state index contributed by atoms with van der Waals surface area (Å²) in [5.74, 6) is 0. The van der Waals surface area contributed by atoms with Crippen molar-refractivity contribution in [2.24, 2.45) is 0 Å². The summed E-state index contributed by atoms with van der Waals surface area (Å²) in [6.45, 7) is 2.58. The van der Waals surface area contributed by atoms with E-state index in [0.29, 0.717) is 0 Å². The Morgan fingerprint density at radius 2 is 1.75 bits per heavy atom. The maximum atomic E-state index is 2.39. The first-order valence-corrected chi connectivity index (χ1v) is 3.47. The molecule has 0 atom stereocenters. The fourth-order valence-corrected chi connectivity index (χ4v) is 1.18. The third kappa shape index (κ3) is 1.46. The van der Waals surface area contributed by atoms with Gasteiger partial charge in [-0.05, 0) is 12.8 Å². The minimum atomic E-state index is 1.29. The molecule has 2 nitrogen and oxygen atoms in total. The number of hydrogen-bond acceptors (Lipinski definition) is 1. The van der Waals surface area contributed by atoms with Crippen LogP contribution in [-0.4, -0.2) is 25.1 Å². The molecule has 1 rings (SSSR count). The Bertz CT molecular complexity index is 57.5. The molecule has 48 valence electrons. The largest absolute Gasteiger partial charge is 0.269 e. The highest BCUT2D eigenvalue weighted by atomic mass is 15.5. The molecule has 0 bridgehead atoms. The maximum Gasteiger partial charge on any atom is 0.0827 e. The smallest absolute Gasteiger partial charge is 0.0827 e. The van der Waals surface area contributed by atoms with Crippen LogP contribution in [0.2, 0.25) is 0 Å². The molecule has 0 amide bonds. The predicted octanol–water partition coefficient (Wildman–Crippen LogP) is -0.419. The van der Waals surface area contributed by atoms with Crippen LogP contribution >= 0.6 is 0 Å². The van der Waals surface area contributed by atoms with E-state index in [0.717, 1.165) is 0 Å². The molecule has 0 saturated carbocycles. The van der Waals surface area contributed by atoms with Crippen LogP contribution in [0.5, 0.6) is 0 Å². The third-order valence-corrected chi connectivity index (χ3v) is 1.76. The first-order chi connectivity index (χ1) is 3.93. The van der Waals surface area contributed by atoms with Gasteiger partial charge in [0.25, 0.3) is 0 Å². The second-order valence-corrected chi connectivity index (χ2v) is 2.35. The molecule has 0 aliphatic carbocycles. The molecule has 0 aromatic rings. The van der Waals surface area contributed by atoms with Crippen LogP contribution < -0.4 is 5.43 Å². The third-order valence-electron chi connectivity index (χ3n) is 1.76. The van der Waals surface area contributed by atoms with Crippen molar-refractivity contribution in [3.05, 3.63) is 0 Å². The lowest BCUT2D eigenvalue weighted by molar-refractivity contribution is -0.784. The van der Waals surface area contributed by atoms with Crippen LogP contribution in [0.4, 0.5) is 0 Å². The van der Waals surface area contributed by atoms with E-state index in [4.69, 9.17) is 0 Å². The van der Waals surface area contributed by atoms with E-state index in [1.54, 1.807) is 0 Å². The van der Waals surface area contributed by atoms with E-state index in [-0.39, 0.29) is 0 Å². The normalized spacial score (nSPS) is 23.6. The molecule has 1 fully saturated rings. The van der Waals surface area contributed by atoms with Crippen molar-refractivity contribution < 1.29 is 5.43 Å². The van der Waals surface area contributed by atoms with Gasteiger partial charge in [0.15, 0.2) is 0 Å². The SMILES string of the molecule is C[NH2+]N1CCCCC1. The van der Waals surface area contributed by atoms with Crippen LogP contribution in [0.15, 0.2) is 0 Å². The summed E-state index contributed by atoms with van der Waals surface area (Å²) >= 11 is 0. The van der Waals surface area contributed by atoms with E-state index in [2.05, 4.69) is 17.5 Å². The van der Waals surface area contributed by atoms with Gasteiger partial charge in [-0.3, -0.25) is 5.43 Å². The number of nitrogens with zero attached hydrogens (tertiary/aromatic N) is 1. The zero-order valence-electron chi connectivity index (χ0n) is 5.56. The lowest BCUT2D eigenvalue weighted by atomic mass is 10.2. The molecule has 0 aromatic carbocycles. The molecular formula is C6H15N2+. The van der Waals surface area contributed by atoms with Gasteiger partial charge < -0.3 is 0 Å². The van der Waals surface area contributed by atoms with Crippen LogP contribution in [0, 0.1) is 0 Å². The molecule has 2 heteroatoms. The summed E-state index contributed by atoms with van der Waals surface area (Å²) in [4.78, 5) is 0. The van der Waals surface area contributed by atoms with Crippen molar-refractivity contribution in [3.63, 3.8) is 0 Å². The van der Waals surface area contributed by atoms with Crippen molar-refractivity contribution in [1.29, 1.82) is 0 Å². The predicted molar refractivity (Wildman–Crippen MR) is 33.3 cm³/mol. The van der Waals surface area contributed by atoms with Gasteiger partial charge in [-0.15, -0.1) is 0 Å². The fraction of sp³-hybridized carbons (Fsp3) is 1.00. The lowest BCUT2D eigenvalue weighted by Crippen LogP contribution is -2.90. The molecule has 8 heavy (non-hydrogen) atoms. The molecule has 1 heterocycles. The molecule has 0 aromatic heterocycles. The fourth-order valence-electron chi connectivity index (χ4n) is 1.18. The Hall–Kier alpha value is -0.0800. The van der Waals surface area contributed by atoms with Crippen molar-refractivity contribution in [2.75, 3.05) is 20.1 Å². The minimum Gasteiger partial charge on any atom is -0.269 e. The lowest BCUT2D eigenvalue weighted by Gasteiger charge is -2.20. The molecule has 1 aliphatic heterocycles. The van der Waals surface area contributed by atoms with Gasteiger partial charge in [0.05, 0.1) is 7.05 Å². The van der Waals surface area contributed by atoms with E-state index in [9.17, 15) is 0 Å². The Morgan fingerprint density at radius 3 is 2.12 bits per heavy atom. The molecule has 0 spiro atoms. The van der Waals surface area contributed by atoms with Crippen LogP contribution in [-0.2, 0) is 0 Å². The first-order valence-electron chi connectivity index (χ1n) is 3.47. The minimum absolute atomic E-state index is 1.29. The quantitative estimate of drug-likeness (QED) is 0.460. The molecule has 0 unspecified atom stereocenters. The number of piperidine rings is 1. The topological polar surface area (TPSA) is 19.9 Å². The van der Waals surface area contributed by atoms with Gasteiger partial charge in [0.2, 0.25) is 0 Å². The van der Waals surface area contributed by atoms with Gasteiger partial charge in [-0.2, -0.15) is 5.01 Å². The van der Waals surface area contributed by atoms with Crippen LogP contribution in [0.3, 0.4) is 0 Å². The highest BCUT2D eigenvalue weighted by Gasteiger charge is 2.08. The Labute approximate surface area is 50.8 Å². The van der Waals surface area contributed by atoms with Crippen molar-refractivity contribution in [1.82, 2.24) is 5.01 Å². The number of rotatable bonds is 1. The molecular weight excluding hydrogens is 100 g/mol. The Morgan fingerprint density at radius 1 is 1.12 bits per heavy atom. The number of quaternary nitrogens is 1. The van der Waals surface area contributed by atoms with E-state index in [1.165, 1.54) is 32.4 Å². The summed E-state index contributed by atoms with van der Waals surface area (Å²) in [6, 6.07) is 0. The van der Waals surface area contributed by atoms with E-state index in [1.807, 2.05) is 0 Å². The van der Waals surface area contributed by atoms with Crippen molar-refractivity contribution in [2.45, 2.75) is 19.3 Å². The highest BCUT2D eigenvalue weighted by Crippen LogP contribution is 2.02. The van der Waals surface area contributed by atoms with Gasteiger partial charge in [-0.1, -0.05) is 6.42 Å². The van der Waals surface area contributed by atoms with Crippen LogP contribution in [0.25, 0.3) is 0 Å². The standard InChI is InChI=1S/C6H14N2/c1-7-8-5-3-2-4-6-8/h7H,2-6H2,1H3/p+1. The van der Waals surface area contributed by atoms with Crippen molar-refractivity contribution >= 4 is 0 Å². The van der Waals surface area contributed by atoms with Crippen LogP contribution in [0.1, 0.15) is 19.3 Å². The van der Waals surface area contributed by atoms with Gasteiger partial charge in [-0.25, -0.2) is 0 Å². The Kier molecular flexibility index (Phi) is 2.30. The summed E-state index contributed by atoms with van der Waals surface area (Å²) in [6.07, 6.45) is 4.22. The average molecular weight is 115 g/mol. The van der Waals surface area contributed by atoms with E-state index < -0.39 is 0 Å². The zero-order chi connectivity index (χ0) is 5.82. The Balaban J connectivity index is 2.13. The molecule has 1 aliphatic rings. The summed E-state index contributed by atoms with van der Waals surface area (Å²) in [5, 5.41) is 2.39. The second kappa shape index (κ2) is 3.05. The number of hydrogen-bond donors (Lipinski definition) is 1. The molecule has 0 radical (unpaired) electrons. The van der Waals surface area contributed by atoms with Gasteiger partial charge in [0, 0.05) is 13.1 Å². The average Bonchev–Trinajstić information content (AvgIpc) is 1.90. The summed E-state index contributed by atoms with van der Waals surface area (Å²) in [5.41, 5.74) is 2.19. The van der Waals surface area contributed by atoms with E-state index >= 15 is 0 Å². The summed E-state index contributed by atoms with van der Waals surface area (Å²) in [7, 11) is 2.12. The highest BCUT2D eigenvalue weighted by molar-refractivity contribution is 4.54. The first kappa shape index (κ1) is 6.05. The van der Waals surface area contributed by atoms with Crippen molar-refractivity contribution in [3.8, 4) is 0 Å². The maximum absolute atomic E-state index is 2.39. The summed E-state index contributed by atoms with van der Waals surface area (Å²) < 4.78 is 0.